The number of aryl methyl sites for hydroxylation is 7. The quantitative estimate of drug-likeness (QED) is 0.0187. The number of nitrogens with zero attached hydrogens (tertiary/aromatic N) is 1. The van der Waals surface area contributed by atoms with Gasteiger partial charge in [0.1, 0.15) is 29.5 Å². The second-order valence-corrected chi connectivity index (χ2v) is 50.9. The molecule has 149 heavy (non-hydrogen) atoms. The highest BCUT2D eigenvalue weighted by Crippen LogP contribution is 2.62. The van der Waals surface area contributed by atoms with E-state index >= 15 is 0 Å². The van der Waals surface area contributed by atoms with E-state index in [0.717, 1.165) is 88.1 Å². The third-order valence-electron chi connectivity index (χ3n) is 29.6. The minimum Gasteiger partial charge on any atom is -0.493 e. The van der Waals surface area contributed by atoms with Crippen molar-refractivity contribution in [1.82, 2.24) is 4.90 Å². The van der Waals surface area contributed by atoms with Crippen LogP contribution in [0.2, 0.25) is 0 Å². The Kier molecular flexibility index (Phi) is 36.7. The fourth-order valence-electron chi connectivity index (χ4n) is 23.1. The Balaban J connectivity index is 0.000000130. The van der Waals surface area contributed by atoms with Gasteiger partial charge < -0.3 is 33.3 Å². The Morgan fingerprint density at radius 1 is 0.329 bits per heavy atom. The van der Waals surface area contributed by atoms with Gasteiger partial charge in [0.25, 0.3) is 0 Å². The Morgan fingerprint density at radius 2 is 0.638 bits per heavy atom. The average molecular weight is 2090 g/mol. The molecule has 0 radical (unpaired) electrons. The van der Waals surface area contributed by atoms with Crippen LogP contribution in [0.5, 0.6) is 17.2 Å². The van der Waals surface area contributed by atoms with E-state index in [1.807, 2.05) is 100 Å². The number of carbonyl (C=O) groups excluding carboxylic acids is 3. The summed E-state index contributed by atoms with van der Waals surface area (Å²) in [5.74, 6) is 6.36. The first kappa shape index (κ1) is 108. The van der Waals surface area contributed by atoms with Crippen LogP contribution in [0.4, 0.5) is 13.2 Å². The number of ether oxygens (including phenoxy) is 6. The van der Waals surface area contributed by atoms with Crippen molar-refractivity contribution in [3.8, 4) is 17.2 Å². The number of halogens is 3. The lowest BCUT2D eigenvalue weighted by molar-refractivity contribution is -0.209. The minimum atomic E-state index is -4.33. The molecule has 0 aliphatic heterocycles. The van der Waals surface area contributed by atoms with Gasteiger partial charge in [-0.05, 0) is 372 Å². The summed E-state index contributed by atoms with van der Waals surface area (Å²) in [5.41, 5.74) is 6.43. The van der Waals surface area contributed by atoms with E-state index in [1.54, 1.807) is 6.07 Å². The van der Waals surface area contributed by atoms with Crippen LogP contribution in [0.25, 0.3) is 0 Å². The second-order valence-electron chi connectivity index (χ2n) is 40.8. The molecule has 15 aromatic carbocycles. The van der Waals surface area contributed by atoms with Gasteiger partial charge in [-0.3, -0.25) is 0 Å². The standard InChI is InChI=1S/C35H39O5S.C33H37O3S.C25H30NOS.C19H14F3S.C19H17S/c1-23-14-31(41(29-10-6-4-7-11-29)30-12-8-5-9-13-30)15-24(2)34(23)39-21-32(36)38-22-33(37)40-35-19-26-16-27(20-35)18-28(17-26)25(35)3;1-22-14-30(37(28-10-6-4-7-11-28)29-12-8-5-9-13-29)15-23(2)32(22)36-31(34)21-35-33(3)26-17-24-16-25(19-26)20-27(33)18-24;1-20-18-24(19-21(2)25(20)27-17-11-16-26(3)4)28(22-12-7-5-8-13-22)23-14-9-6-10-15-23;20-19(21,22)15-8-7-13-18(14-15)23(16-9-3-1-4-10-16)17-11-5-2-6-12-17;1-16-9-8-14-19(15-16)20(17-10-4-2-5-11-17)18-12-6-3-7-13-18/h4-15,25-28H,16-22H2,1-3H3;4-15,24-27H,16-21H2,1-3H3;5-10,12-15,18-19H,11,16-17H2,1-4H3;1-14H;2-15H,1H3/q5*+1. The zero-order valence-corrected chi connectivity index (χ0v) is 91.3. The van der Waals surface area contributed by atoms with Crippen molar-refractivity contribution in [2.24, 2.45) is 47.3 Å². The number of benzene rings is 15. The van der Waals surface area contributed by atoms with Gasteiger partial charge in [-0.1, -0.05) is 207 Å². The van der Waals surface area contributed by atoms with Crippen LogP contribution in [0.3, 0.4) is 0 Å². The van der Waals surface area contributed by atoms with Crippen LogP contribution >= 0.6 is 0 Å². The van der Waals surface area contributed by atoms with Gasteiger partial charge in [-0.15, -0.1) is 0 Å². The van der Waals surface area contributed by atoms with Crippen LogP contribution in [0.15, 0.2) is 462 Å². The van der Waals surface area contributed by atoms with E-state index in [0.29, 0.717) is 51.9 Å². The Bertz CT molecular complexity index is 6600. The molecule has 8 fully saturated rings. The Morgan fingerprint density at radius 3 is 0.973 bits per heavy atom. The van der Waals surface area contributed by atoms with Gasteiger partial charge in [-0.2, -0.15) is 13.2 Å². The molecule has 0 heterocycles. The van der Waals surface area contributed by atoms with Crippen molar-refractivity contribution in [3.63, 3.8) is 0 Å². The maximum Gasteiger partial charge on any atom is 0.416 e. The summed E-state index contributed by atoms with van der Waals surface area (Å²) in [5, 5.41) is 0. The van der Waals surface area contributed by atoms with Gasteiger partial charge in [-0.25, -0.2) is 14.4 Å². The number of rotatable bonds is 30. The van der Waals surface area contributed by atoms with Crippen LogP contribution in [0.1, 0.15) is 129 Å². The van der Waals surface area contributed by atoms with Crippen LogP contribution < -0.4 is 14.2 Å². The summed E-state index contributed by atoms with van der Waals surface area (Å²) >= 11 is 0. The monoisotopic (exact) mass is 2080 g/mol. The zero-order valence-electron chi connectivity index (χ0n) is 87.2. The molecular formula is C131H137F3NO9S5+5. The van der Waals surface area contributed by atoms with Crippen molar-refractivity contribution >= 4 is 72.4 Å². The predicted octanol–water partition coefficient (Wildman–Crippen LogP) is 31.2. The highest BCUT2D eigenvalue weighted by atomic mass is 32.2. The number of hydrogen-bond acceptors (Lipinski definition) is 10. The Labute approximate surface area is 894 Å². The molecule has 10 nitrogen and oxygen atoms in total. The first-order valence-corrected chi connectivity index (χ1v) is 58.2. The summed E-state index contributed by atoms with van der Waals surface area (Å²) in [4.78, 5) is 58.8. The molecule has 0 spiro atoms. The molecule has 0 aromatic heterocycles. The summed E-state index contributed by atoms with van der Waals surface area (Å²) in [6.07, 6.45) is 8.89. The average Bonchev–Trinajstić information content (AvgIpc) is 0.748. The molecule has 0 N–H and O–H groups in total. The van der Waals surface area contributed by atoms with Gasteiger partial charge >= 0.3 is 24.1 Å². The molecule has 0 amide bonds. The lowest BCUT2D eigenvalue weighted by Gasteiger charge is -2.59. The molecule has 3 atom stereocenters. The molecule has 23 rings (SSSR count). The topological polar surface area (TPSA) is 110 Å². The van der Waals surface area contributed by atoms with Crippen molar-refractivity contribution in [2.45, 2.75) is 224 Å². The van der Waals surface area contributed by atoms with Crippen molar-refractivity contribution in [3.05, 3.63) is 433 Å². The lowest BCUT2D eigenvalue weighted by atomic mass is 9.50. The van der Waals surface area contributed by atoms with E-state index in [4.69, 9.17) is 28.4 Å². The van der Waals surface area contributed by atoms with Gasteiger partial charge in [0.05, 0.1) is 72.2 Å². The first-order valence-electron chi connectivity index (χ1n) is 52.1. The number of esters is 3. The van der Waals surface area contributed by atoms with Crippen molar-refractivity contribution < 1.29 is 56.0 Å². The lowest BCUT2D eigenvalue weighted by Crippen LogP contribution is -2.58. The maximum absolute atomic E-state index is 13.0. The summed E-state index contributed by atoms with van der Waals surface area (Å²) in [6, 6.07) is 132. The van der Waals surface area contributed by atoms with E-state index in [1.165, 1.54) is 139 Å². The second kappa shape index (κ2) is 50.6. The molecule has 8 saturated carbocycles. The summed E-state index contributed by atoms with van der Waals surface area (Å²) in [6.45, 7) is 20.2. The molecule has 18 heteroatoms. The van der Waals surface area contributed by atoms with E-state index in [-0.39, 0.29) is 80.6 Å². The fourth-order valence-corrected chi connectivity index (χ4v) is 34.2. The highest BCUT2D eigenvalue weighted by Gasteiger charge is 2.59. The molecular weight excluding hydrogens is 1950 g/mol. The van der Waals surface area contributed by atoms with Gasteiger partial charge in [0, 0.05) is 49.0 Å². The normalized spacial score (nSPS) is 19.5. The van der Waals surface area contributed by atoms with Crippen LogP contribution in [-0.2, 0) is 89.2 Å². The number of hydrogen-bond donors (Lipinski definition) is 0. The third kappa shape index (κ3) is 27.4. The maximum atomic E-state index is 13.0. The number of alkyl halides is 3. The molecule has 766 valence electrons. The molecule has 8 aliphatic rings. The smallest absolute Gasteiger partial charge is 0.416 e. The largest absolute Gasteiger partial charge is 0.493 e. The Hall–Kier alpha value is -12.2. The predicted molar refractivity (Wildman–Crippen MR) is 599 cm³/mol. The molecule has 15 aromatic rings. The van der Waals surface area contributed by atoms with Crippen molar-refractivity contribution in [1.29, 1.82) is 0 Å². The molecule has 3 unspecified atom stereocenters. The summed E-state index contributed by atoms with van der Waals surface area (Å²) < 4.78 is 74.9. The minimum absolute atomic E-state index is 0.0249. The van der Waals surface area contributed by atoms with E-state index in [9.17, 15) is 27.6 Å². The van der Waals surface area contributed by atoms with E-state index < -0.39 is 34.6 Å². The van der Waals surface area contributed by atoms with Crippen molar-refractivity contribution in [2.75, 3.05) is 47.1 Å². The fraction of sp³-hybridized carbons (Fsp3) is 0.290. The zero-order chi connectivity index (χ0) is 104. The third-order valence-corrected chi connectivity index (χ3v) is 40.6. The molecule has 0 saturated heterocycles. The van der Waals surface area contributed by atoms with Crippen LogP contribution in [0, 0.1) is 95.8 Å². The SMILES string of the molecule is Cc1cc([S+](c2ccccc2)c2ccccc2)cc(C)c1OC(=O)COC1(C)C2CC3CC(C2)CC1C3.Cc1cc([S+](c2ccccc2)c2ccccc2)cc(C)c1OCC(=O)OCC(=O)OC12CC3CC(CC(C3)C1C)C2.Cc1cc([S+](c2ccccc2)c2ccccc2)cc(C)c1OCCCN(C)C.Cc1cccc([S+](c2ccccc2)c2ccccc2)c1.FC(F)(F)c1cccc([S+](c2ccccc2)c2ccccc2)c1. The first-order chi connectivity index (χ1) is 72.2. The molecule has 8 aliphatic carbocycles. The highest BCUT2D eigenvalue weighted by molar-refractivity contribution is 7.98. The van der Waals surface area contributed by atoms with Gasteiger partial charge in [0.15, 0.2) is 86.6 Å². The van der Waals surface area contributed by atoms with E-state index in [2.05, 4.69) is 345 Å². The summed E-state index contributed by atoms with van der Waals surface area (Å²) in [7, 11) is 2.98. The number of carbonyl (C=O) groups is 3. The molecule has 8 bridgehead atoms. The van der Waals surface area contributed by atoms with Gasteiger partial charge in [0.2, 0.25) is 0 Å². The van der Waals surface area contributed by atoms with Crippen LogP contribution in [-0.4, -0.2) is 81.1 Å².